The second-order valence-electron chi connectivity index (χ2n) is 10.2. The van der Waals surface area contributed by atoms with Crippen LogP contribution in [0.25, 0.3) is 34.9 Å². The first-order chi connectivity index (χ1) is 19.0. The van der Waals surface area contributed by atoms with Gasteiger partial charge in [0.05, 0.1) is 0 Å². The molecule has 0 radical (unpaired) electrons. The van der Waals surface area contributed by atoms with Gasteiger partial charge >= 0.3 is 0 Å². The molecule has 192 valence electrons. The lowest BCUT2D eigenvalue weighted by Crippen LogP contribution is -1.92. The van der Waals surface area contributed by atoms with Crippen LogP contribution in [0.1, 0.15) is 50.9 Å². The molecule has 0 N–H and O–H groups in total. The van der Waals surface area contributed by atoms with E-state index < -0.39 is 0 Å². The first-order valence-electron chi connectivity index (χ1n) is 13.2. The van der Waals surface area contributed by atoms with Crippen molar-refractivity contribution in [1.82, 2.24) is 0 Å². The Hall–Kier alpha value is -3.60. The summed E-state index contributed by atoms with van der Waals surface area (Å²) < 4.78 is 10.6. The molecule has 0 spiro atoms. The van der Waals surface area contributed by atoms with E-state index in [2.05, 4.69) is 68.3 Å². The standard InChI is InChI=1S/C13H12.C11H8O2.C11H8S2/c1-9-5-6-12-7-10-3-2-4-11(10)8-13(9)12;2*1-7-2-3-8-4-10-11(5-9(7)8)13-6-12-10/h5-8H,1-4H2;2*2-5H,1,6H2. The van der Waals surface area contributed by atoms with Gasteiger partial charge < -0.3 is 9.47 Å². The summed E-state index contributed by atoms with van der Waals surface area (Å²) in [6.07, 6.45) is 16.4. The van der Waals surface area contributed by atoms with E-state index in [9.17, 15) is 0 Å². The van der Waals surface area contributed by atoms with Crippen LogP contribution in [-0.2, 0) is 12.8 Å². The quantitative estimate of drug-likeness (QED) is 0.280. The van der Waals surface area contributed by atoms with Gasteiger partial charge in [0.2, 0.25) is 6.79 Å². The highest BCUT2D eigenvalue weighted by Crippen LogP contribution is 2.45. The minimum Gasteiger partial charge on any atom is -0.454 e. The Morgan fingerprint density at radius 3 is 1.74 bits per heavy atom. The summed E-state index contributed by atoms with van der Waals surface area (Å²) in [5, 5.41) is 1.16. The number of hydrogen-bond acceptors (Lipinski definition) is 4. The Kier molecular flexibility index (Phi) is 6.18. The van der Waals surface area contributed by atoms with Crippen molar-refractivity contribution in [1.29, 1.82) is 0 Å². The van der Waals surface area contributed by atoms with Gasteiger partial charge in [-0.3, -0.25) is 0 Å². The van der Waals surface area contributed by atoms with Crippen molar-refractivity contribution >= 4 is 58.5 Å². The van der Waals surface area contributed by atoms with E-state index in [1.54, 1.807) is 11.1 Å². The number of rotatable bonds is 0. The van der Waals surface area contributed by atoms with Crippen LogP contribution >= 0.6 is 23.5 Å². The van der Waals surface area contributed by atoms with E-state index >= 15 is 0 Å². The van der Waals surface area contributed by atoms with E-state index in [0.29, 0.717) is 6.79 Å². The fourth-order valence-corrected chi connectivity index (χ4v) is 8.07. The highest BCUT2D eigenvalue weighted by molar-refractivity contribution is 8.18. The van der Waals surface area contributed by atoms with E-state index in [1.807, 2.05) is 47.8 Å². The Labute approximate surface area is 238 Å². The van der Waals surface area contributed by atoms with Gasteiger partial charge in [0.1, 0.15) is 0 Å². The maximum absolute atomic E-state index is 5.28. The predicted molar refractivity (Wildman–Crippen MR) is 168 cm³/mol. The summed E-state index contributed by atoms with van der Waals surface area (Å²) in [6, 6.07) is 13.2. The molecule has 2 aliphatic heterocycles. The van der Waals surface area contributed by atoms with E-state index in [4.69, 9.17) is 9.47 Å². The maximum Gasteiger partial charge on any atom is 0.231 e. The number of benzene rings is 3. The topological polar surface area (TPSA) is 18.5 Å². The second kappa shape index (κ2) is 9.86. The zero-order valence-electron chi connectivity index (χ0n) is 21.7. The average molecular weight is 545 g/mol. The molecule has 0 saturated carbocycles. The van der Waals surface area contributed by atoms with Gasteiger partial charge in [0, 0.05) is 14.9 Å². The van der Waals surface area contributed by atoms with Gasteiger partial charge in [-0.1, -0.05) is 68.3 Å². The monoisotopic (exact) mass is 544 g/mol. The second-order valence-corrected chi connectivity index (χ2v) is 12.6. The van der Waals surface area contributed by atoms with Crippen LogP contribution in [-0.4, -0.2) is 11.9 Å². The van der Waals surface area contributed by atoms with Gasteiger partial charge in [0.15, 0.2) is 11.5 Å². The predicted octanol–water partition coefficient (Wildman–Crippen LogP) is 9.55. The normalized spacial score (nSPS) is 17.3. The SMILES string of the molecule is C=C1C=Cc2cc3c(cc21)CCC3.C=C1C=Cc2cc3c(cc21)OCO3.C=C1C=Cc2cc3c(cc21)SCS3. The lowest BCUT2D eigenvalue weighted by Gasteiger charge is -2.04. The summed E-state index contributed by atoms with van der Waals surface area (Å²) in [5.41, 5.74) is 14.1. The third-order valence-electron chi connectivity index (χ3n) is 7.78. The summed E-state index contributed by atoms with van der Waals surface area (Å²) in [7, 11) is 0. The summed E-state index contributed by atoms with van der Waals surface area (Å²) in [4.78, 5) is 2.86. The number of aryl methyl sites for hydroxylation is 2. The third kappa shape index (κ3) is 4.52. The summed E-state index contributed by atoms with van der Waals surface area (Å²) in [6.45, 7) is 12.3. The fourth-order valence-electron chi connectivity index (χ4n) is 5.65. The number of thioether (sulfide) groups is 2. The van der Waals surface area contributed by atoms with Crippen LogP contribution in [0, 0.1) is 0 Å². The van der Waals surface area contributed by atoms with Gasteiger partial charge in [0.25, 0.3) is 0 Å². The zero-order chi connectivity index (χ0) is 26.5. The number of fused-ring (bicyclic) bond motifs is 6. The van der Waals surface area contributed by atoms with Gasteiger partial charge in [-0.25, -0.2) is 0 Å². The van der Waals surface area contributed by atoms with Gasteiger partial charge in [-0.05, 0) is 105 Å². The largest absolute Gasteiger partial charge is 0.454 e. The minimum absolute atomic E-state index is 0.328. The Morgan fingerprint density at radius 2 is 1.05 bits per heavy atom. The molecule has 3 aromatic carbocycles. The molecular formula is C35H28O2S2. The molecule has 0 atom stereocenters. The van der Waals surface area contributed by atoms with E-state index in [0.717, 1.165) is 38.9 Å². The molecule has 4 aliphatic carbocycles. The molecule has 2 heterocycles. The van der Waals surface area contributed by atoms with Crippen molar-refractivity contribution in [3.8, 4) is 11.5 Å². The first-order valence-corrected chi connectivity index (χ1v) is 15.2. The van der Waals surface area contributed by atoms with Crippen molar-refractivity contribution in [3.63, 3.8) is 0 Å². The molecule has 6 aliphatic rings. The zero-order valence-corrected chi connectivity index (χ0v) is 23.4. The molecule has 0 aromatic heterocycles. The Morgan fingerprint density at radius 1 is 0.538 bits per heavy atom. The molecule has 0 bridgehead atoms. The lowest BCUT2D eigenvalue weighted by atomic mass is 10.0. The van der Waals surface area contributed by atoms with Crippen molar-refractivity contribution < 1.29 is 9.47 Å². The Bertz CT molecular complexity index is 1490. The van der Waals surface area contributed by atoms with Crippen LogP contribution in [0.2, 0.25) is 0 Å². The number of allylic oxidation sites excluding steroid dienone is 6. The van der Waals surface area contributed by atoms with Crippen molar-refractivity contribution in [2.75, 3.05) is 11.9 Å². The van der Waals surface area contributed by atoms with Crippen LogP contribution in [0.3, 0.4) is 0 Å². The van der Waals surface area contributed by atoms with Crippen LogP contribution in [0.15, 0.2) is 84.2 Å². The van der Waals surface area contributed by atoms with Crippen molar-refractivity contribution in [3.05, 3.63) is 119 Å². The molecule has 0 saturated heterocycles. The molecule has 3 aromatic rings. The third-order valence-corrected chi connectivity index (χ3v) is 10.2. The average Bonchev–Trinajstić information content (AvgIpc) is 3.79. The smallest absolute Gasteiger partial charge is 0.231 e. The molecule has 4 heteroatoms. The number of hydrogen-bond donors (Lipinski definition) is 0. The molecular weight excluding hydrogens is 517 g/mol. The van der Waals surface area contributed by atoms with Crippen LogP contribution < -0.4 is 9.47 Å². The van der Waals surface area contributed by atoms with E-state index in [-0.39, 0.29) is 0 Å². The first kappa shape index (κ1) is 24.4. The molecule has 9 rings (SSSR count). The molecule has 39 heavy (non-hydrogen) atoms. The highest BCUT2D eigenvalue weighted by atomic mass is 32.2. The molecule has 2 nitrogen and oxygen atoms in total. The maximum atomic E-state index is 5.28. The van der Waals surface area contributed by atoms with Crippen molar-refractivity contribution in [2.45, 2.75) is 29.1 Å². The fraction of sp³-hybridized carbons (Fsp3) is 0.143. The lowest BCUT2D eigenvalue weighted by molar-refractivity contribution is 0.174. The van der Waals surface area contributed by atoms with Crippen LogP contribution in [0.5, 0.6) is 11.5 Å². The number of ether oxygens (including phenoxy) is 2. The Balaban J connectivity index is 0.0000000974. The van der Waals surface area contributed by atoms with Gasteiger partial charge in [-0.2, -0.15) is 0 Å². The van der Waals surface area contributed by atoms with Gasteiger partial charge in [-0.15, -0.1) is 23.5 Å². The van der Waals surface area contributed by atoms with Crippen LogP contribution in [0.4, 0.5) is 0 Å². The van der Waals surface area contributed by atoms with Crippen molar-refractivity contribution in [2.24, 2.45) is 0 Å². The summed E-state index contributed by atoms with van der Waals surface area (Å²) in [5.74, 6) is 1.65. The molecule has 0 unspecified atom stereocenters. The highest BCUT2D eigenvalue weighted by Gasteiger charge is 2.20. The summed E-state index contributed by atoms with van der Waals surface area (Å²) >= 11 is 3.86. The minimum atomic E-state index is 0.328. The van der Waals surface area contributed by atoms with E-state index in [1.165, 1.54) is 56.9 Å². The molecule has 0 fully saturated rings. The molecule has 0 amide bonds.